The SMILES string of the molecule is CCN(CC)S(=O)(=O)c1ccc(SCc2noc(-c3ccccc3Cl)n2)nc1. The third-order valence-corrected chi connectivity index (χ3v) is 7.28. The lowest BCUT2D eigenvalue weighted by atomic mass is 10.2. The Kier molecular flexibility index (Phi) is 6.71. The molecule has 148 valence electrons. The molecule has 0 spiro atoms. The van der Waals surface area contributed by atoms with Crippen LogP contribution < -0.4 is 0 Å². The van der Waals surface area contributed by atoms with Crippen LogP contribution in [0.1, 0.15) is 19.7 Å². The van der Waals surface area contributed by atoms with Gasteiger partial charge in [-0.3, -0.25) is 0 Å². The molecule has 0 amide bonds. The van der Waals surface area contributed by atoms with E-state index in [0.717, 1.165) is 0 Å². The van der Waals surface area contributed by atoms with Gasteiger partial charge in [-0.25, -0.2) is 13.4 Å². The number of nitrogens with zero attached hydrogens (tertiary/aromatic N) is 4. The van der Waals surface area contributed by atoms with Crippen molar-refractivity contribution in [2.45, 2.75) is 29.5 Å². The molecule has 0 aliphatic rings. The number of rotatable bonds is 8. The molecule has 0 saturated heterocycles. The van der Waals surface area contributed by atoms with E-state index in [4.69, 9.17) is 16.1 Å². The van der Waals surface area contributed by atoms with Crippen molar-refractivity contribution >= 4 is 33.4 Å². The van der Waals surface area contributed by atoms with Crippen molar-refractivity contribution in [3.8, 4) is 11.5 Å². The molecule has 0 radical (unpaired) electrons. The molecule has 0 saturated carbocycles. The summed E-state index contributed by atoms with van der Waals surface area (Å²) in [5.74, 6) is 1.29. The van der Waals surface area contributed by atoms with Crippen LogP contribution >= 0.6 is 23.4 Å². The van der Waals surface area contributed by atoms with E-state index in [-0.39, 0.29) is 4.90 Å². The fraction of sp³-hybridized carbons (Fsp3) is 0.278. The highest BCUT2D eigenvalue weighted by Gasteiger charge is 2.21. The predicted molar refractivity (Wildman–Crippen MR) is 109 cm³/mol. The Morgan fingerprint density at radius 1 is 1.14 bits per heavy atom. The number of pyridine rings is 1. The molecule has 0 fully saturated rings. The highest BCUT2D eigenvalue weighted by Crippen LogP contribution is 2.27. The minimum atomic E-state index is -3.51. The molecule has 28 heavy (non-hydrogen) atoms. The fourth-order valence-corrected chi connectivity index (χ4v) is 4.82. The smallest absolute Gasteiger partial charge is 0.259 e. The highest BCUT2D eigenvalue weighted by molar-refractivity contribution is 7.98. The second kappa shape index (κ2) is 9.04. The summed E-state index contributed by atoms with van der Waals surface area (Å²) < 4.78 is 31.6. The summed E-state index contributed by atoms with van der Waals surface area (Å²) in [4.78, 5) is 8.77. The Morgan fingerprint density at radius 2 is 1.89 bits per heavy atom. The highest BCUT2D eigenvalue weighted by atomic mass is 35.5. The van der Waals surface area contributed by atoms with Crippen molar-refractivity contribution in [1.82, 2.24) is 19.4 Å². The molecule has 3 aromatic rings. The molecule has 10 heteroatoms. The lowest BCUT2D eigenvalue weighted by Gasteiger charge is -2.18. The standard InChI is InChI=1S/C18H19ClN4O3S2/c1-3-23(4-2)28(24,25)13-9-10-17(20-11-13)27-12-16-21-18(26-22-16)14-7-5-6-8-15(14)19/h5-11H,3-4,12H2,1-2H3. The van der Waals surface area contributed by atoms with Gasteiger partial charge in [0.25, 0.3) is 5.89 Å². The van der Waals surface area contributed by atoms with Gasteiger partial charge in [-0.15, -0.1) is 0 Å². The molecule has 0 aliphatic heterocycles. The number of sulfonamides is 1. The zero-order valence-electron chi connectivity index (χ0n) is 15.4. The normalized spacial score (nSPS) is 11.9. The Bertz CT molecular complexity index is 1030. The van der Waals surface area contributed by atoms with Gasteiger partial charge in [-0.2, -0.15) is 9.29 Å². The van der Waals surface area contributed by atoms with Gasteiger partial charge in [0.1, 0.15) is 4.90 Å². The average Bonchev–Trinajstić information content (AvgIpc) is 3.16. The topological polar surface area (TPSA) is 89.2 Å². The molecule has 7 nitrogen and oxygen atoms in total. The van der Waals surface area contributed by atoms with E-state index >= 15 is 0 Å². The molecular formula is C18H19ClN4O3S2. The van der Waals surface area contributed by atoms with Crippen LogP contribution in [-0.4, -0.2) is 40.9 Å². The van der Waals surface area contributed by atoms with Gasteiger partial charge < -0.3 is 4.52 Å². The largest absolute Gasteiger partial charge is 0.334 e. The van der Waals surface area contributed by atoms with Crippen molar-refractivity contribution in [1.29, 1.82) is 0 Å². The van der Waals surface area contributed by atoms with E-state index in [9.17, 15) is 8.42 Å². The second-order valence-corrected chi connectivity index (χ2v) is 9.05. The van der Waals surface area contributed by atoms with Crippen LogP contribution in [0.15, 0.2) is 57.0 Å². The summed E-state index contributed by atoms with van der Waals surface area (Å²) in [5.41, 5.74) is 0.678. The number of benzene rings is 1. The van der Waals surface area contributed by atoms with Gasteiger partial charge in [0.2, 0.25) is 10.0 Å². The molecule has 0 aliphatic carbocycles. The van der Waals surface area contributed by atoms with Gasteiger partial charge >= 0.3 is 0 Å². The van der Waals surface area contributed by atoms with Crippen LogP contribution in [0.25, 0.3) is 11.5 Å². The molecule has 0 atom stereocenters. The van der Waals surface area contributed by atoms with Crippen LogP contribution in [0, 0.1) is 0 Å². The minimum absolute atomic E-state index is 0.182. The van der Waals surface area contributed by atoms with Gasteiger partial charge in [0.05, 0.1) is 21.4 Å². The minimum Gasteiger partial charge on any atom is -0.334 e. The van der Waals surface area contributed by atoms with Crippen molar-refractivity contribution in [3.63, 3.8) is 0 Å². The zero-order valence-corrected chi connectivity index (χ0v) is 17.8. The monoisotopic (exact) mass is 438 g/mol. The molecule has 3 rings (SSSR count). The Balaban J connectivity index is 1.67. The number of thioether (sulfide) groups is 1. The summed E-state index contributed by atoms with van der Waals surface area (Å²) in [7, 11) is -3.51. The van der Waals surface area contributed by atoms with Crippen molar-refractivity contribution in [3.05, 3.63) is 53.4 Å². The first-order chi connectivity index (χ1) is 13.5. The Hall–Kier alpha value is -1.94. The van der Waals surface area contributed by atoms with Crippen molar-refractivity contribution in [2.24, 2.45) is 0 Å². The van der Waals surface area contributed by atoms with E-state index in [1.807, 2.05) is 18.2 Å². The second-order valence-electron chi connectivity index (χ2n) is 5.71. The summed E-state index contributed by atoms with van der Waals surface area (Å²) >= 11 is 7.53. The van der Waals surface area contributed by atoms with Crippen molar-refractivity contribution < 1.29 is 12.9 Å². The van der Waals surface area contributed by atoms with Gasteiger partial charge in [0, 0.05) is 19.3 Å². The van der Waals surface area contributed by atoms with Gasteiger partial charge in [0.15, 0.2) is 5.82 Å². The number of hydrogen-bond acceptors (Lipinski definition) is 7. The lowest BCUT2D eigenvalue weighted by molar-refractivity contribution is 0.425. The average molecular weight is 439 g/mol. The Labute approximate surface area is 173 Å². The van der Waals surface area contributed by atoms with Gasteiger partial charge in [-0.05, 0) is 24.3 Å². The summed E-state index contributed by atoms with van der Waals surface area (Å²) in [5, 5.41) is 5.16. The Morgan fingerprint density at radius 3 is 2.54 bits per heavy atom. The first-order valence-corrected chi connectivity index (χ1v) is 11.4. The first-order valence-electron chi connectivity index (χ1n) is 8.62. The van der Waals surface area contributed by atoms with Gasteiger partial charge in [-0.1, -0.05) is 54.5 Å². The molecule has 0 unspecified atom stereocenters. The summed E-state index contributed by atoms with van der Waals surface area (Å²) in [6.45, 7) is 4.45. The van der Waals surface area contributed by atoms with Crippen LogP contribution in [0.3, 0.4) is 0 Å². The summed E-state index contributed by atoms with van der Waals surface area (Å²) in [6, 6.07) is 10.5. The quantitative estimate of drug-likeness (QED) is 0.489. The maximum absolute atomic E-state index is 12.5. The third-order valence-electron chi connectivity index (χ3n) is 3.97. The zero-order chi connectivity index (χ0) is 20.1. The van der Waals surface area contributed by atoms with Crippen LogP contribution in [0.4, 0.5) is 0 Å². The molecule has 1 aromatic carbocycles. The molecular weight excluding hydrogens is 420 g/mol. The molecule has 0 N–H and O–H groups in total. The van der Waals surface area contributed by atoms with E-state index < -0.39 is 10.0 Å². The maximum Gasteiger partial charge on any atom is 0.259 e. The van der Waals surface area contributed by atoms with E-state index in [1.54, 1.807) is 32.0 Å². The predicted octanol–water partition coefficient (Wildman–Crippen LogP) is 4.11. The molecule has 0 bridgehead atoms. The molecule has 2 heterocycles. The van der Waals surface area contributed by atoms with Crippen LogP contribution in [0.5, 0.6) is 0 Å². The van der Waals surface area contributed by atoms with E-state index in [0.29, 0.717) is 46.2 Å². The number of aromatic nitrogens is 3. The van der Waals surface area contributed by atoms with E-state index in [2.05, 4.69) is 15.1 Å². The summed E-state index contributed by atoms with van der Waals surface area (Å²) in [6.07, 6.45) is 1.38. The van der Waals surface area contributed by atoms with E-state index in [1.165, 1.54) is 22.3 Å². The maximum atomic E-state index is 12.5. The van der Waals surface area contributed by atoms with Crippen LogP contribution in [0.2, 0.25) is 5.02 Å². The van der Waals surface area contributed by atoms with Crippen molar-refractivity contribution in [2.75, 3.05) is 13.1 Å². The lowest BCUT2D eigenvalue weighted by Crippen LogP contribution is -2.30. The number of hydrogen-bond donors (Lipinski definition) is 0. The fourth-order valence-electron chi connectivity index (χ4n) is 2.51. The molecule has 2 aromatic heterocycles. The number of halogens is 1. The van der Waals surface area contributed by atoms with Crippen LogP contribution in [-0.2, 0) is 15.8 Å². The first kappa shape index (κ1) is 20.8. The third kappa shape index (κ3) is 4.54.